The molecular formula is C13H15IN2O. The Hall–Kier alpha value is -0.880. The van der Waals surface area contributed by atoms with E-state index in [0.29, 0.717) is 0 Å². The first-order valence-electron chi connectivity index (χ1n) is 5.53. The molecule has 1 aromatic carbocycles. The number of rotatable bonds is 4. The van der Waals surface area contributed by atoms with Crippen LogP contribution in [-0.2, 0) is 13.1 Å². The third kappa shape index (κ3) is 3.29. The summed E-state index contributed by atoms with van der Waals surface area (Å²) in [5.74, 6) is 0.901. The molecule has 0 saturated carbocycles. The standard InChI is InChI=1S/C13H15IN2O/c1-9-13(10(2)17-16-9)8-15-7-11-3-5-12(14)6-4-11/h3-6,15H,7-8H2,1-2H3. The summed E-state index contributed by atoms with van der Waals surface area (Å²) in [6.07, 6.45) is 0. The smallest absolute Gasteiger partial charge is 0.138 e. The Morgan fingerprint density at radius 2 is 1.88 bits per heavy atom. The SMILES string of the molecule is Cc1noc(C)c1CNCc1ccc(I)cc1. The van der Waals surface area contributed by atoms with Gasteiger partial charge in [-0.25, -0.2) is 0 Å². The minimum Gasteiger partial charge on any atom is -0.361 e. The lowest BCUT2D eigenvalue weighted by Gasteiger charge is -2.04. The van der Waals surface area contributed by atoms with E-state index < -0.39 is 0 Å². The largest absolute Gasteiger partial charge is 0.361 e. The fraction of sp³-hybridized carbons (Fsp3) is 0.308. The van der Waals surface area contributed by atoms with E-state index in [1.807, 2.05) is 13.8 Å². The molecule has 0 spiro atoms. The van der Waals surface area contributed by atoms with Gasteiger partial charge in [-0.05, 0) is 54.1 Å². The van der Waals surface area contributed by atoms with Crippen molar-refractivity contribution in [2.24, 2.45) is 0 Å². The molecule has 0 aliphatic rings. The van der Waals surface area contributed by atoms with E-state index in [-0.39, 0.29) is 0 Å². The molecule has 17 heavy (non-hydrogen) atoms. The zero-order valence-electron chi connectivity index (χ0n) is 9.96. The van der Waals surface area contributed by atoms with Gasteiger partial charge in [0.05, 0.1) is 5.69 Å². The van der Waals surface area contributed by atoms with Crippen molar-refractivity contribution in [2.75, 3.05) is 0 Å². The molecule has 1 aromatic heterocycles. The number of benzene rings is 1. The van der Waals surface area contributed by atoms with Crippen LogP contribution in [0.4, 0.5) is 0 Å². The monoisotopic (exact) mass is 342 g/mol. The molecule has 1 N–H and O–H groups in total. The topological polar surface area (TPSA) is 38.1 Å². The maximum atomic E-state index is 5.12. The van der Waals surface area contributed by atoms with Crippen molar-refractivity contribution < 1.29 is 4.52 Å². The van der Waals surface area contributed by atoms with Crippen LogP contribution in [0.25, 0.3) is 0 Å². The first-order valence-corrected chi connectivity index (χ1v) is 6.61. The Kier molecular flexibility index (Phi) is 4.17. The number of halogens is 1. The predicted octanol–water partition coefficient (Wildman–Crippen LogP) is 3.19. The number of hydrogen-bond acceptors (Lipinski definition) is 3. The van der Waals surface area contributed by atoms with Gasteiger partial charge in [0.2, 0.25) is 0 Å². The van der Waals surface area contributed by atoms with Crippen molar-refractivity contribution in [1.29, 1.82) is 0 Å². The molecule has 90 valence electrons. The summed E-state index contributed by atoms with van der Waals surface area (Å²) >= 11 is 2.31. The quantitative estimate of drug-likeness (QED) is 0.868. The summed E-state index contributed by atoms with van der Waals surface area (Å²) in [6, 6.07) is 8.52. The average molecular weight is 342 g/mol. The van der Waals surface area contributed by atoms with Crippen molar-refractivity contribution in [3.05, 3.63) is 50.4 Å². The van der Waals surface area contributed by atoms with Crippen molar-refractivity contribution in [3.63, 3.8) is 0 Å². The highest BCUT2D eigenvalue weighted by Crippen LogP contribution is 2.12. The van der Waals surface area contributed by atoms with E-state index >= 15 is 0 Å². The Bertz CT molecular complexity index is 471. The first-order chi connectivity index (χ1) is 8.16. The molecule has 0 saturated heterocycles. The summed E-state index contributed by atoms with van der Waals surface area (Å²) in [6.45, 7) is 5.58. The maximum absolute atomic E-state index is 5.12. The first kappa shape index (κ1) is 12.6. The number of nitrogens with zero attached hydrogens (tertiary/aromatic N) is 1. The van der Waals surface area contributed by atoms with Crippen LogP contribution in [0.5, 0.6) is 0 Å². The van der Waals surface area contributed by atoms with Gasteiger partial charge in [-0.1, -0.05) is 17.3 Å². The molecule has 3 nitrogen and oxygen atoms in total. The minimum atomic E-state index is 0.799. The summed E-state index contributed by atoms with van der Waals surface area (Å²) in [5.41, 5.74) is 3.42. The molecule has 0 atom stereocenters. The van der Waals surface area contributed by atoms with E-state index in [9.17, 15) is 0 Å². The van der Waals surface area contributed by atoms with Gasteiger partial charge in [0.25, 0.3) is 0 Å². The Morgan fingerprint density at radius 1 is 1.18 bits per heavy atom. The predicted molar refractivity (Wildman–Crippen MR) is 75.7 cm³/mol. The third-order valence-corrected chi connectivity index (χ3v) is 3.44. The average Bonchev–Trinajstić information content (AvgIpc) is 2.63. The number of aromatic nitrogens is 1. The molecule has 4 heteroatoms. The lowest BCUT2D eigenvalue weighted by atomic mass is 10.2. The van der Waals surface area contributed by atoms with Crippen LogP contribution in [0.1, 0.15) is 22.6 Å². The van der Waals surface area contributed by atoms with Crippen LogP contribution in [0, 0.1) is 17.4 Å². The van der Waals surface area contributed by atoms with Gasteiger partial charge in [-0.2, -0.15) is 0 Å². The van der Waals surface area contributed by atoms with Gasteiger partial charge < -0.3 is 9.84 Å². The number of hydrogen-bond donors (Lipinski definition) is 1. The Labute approximate surface area is 115 Å². The molecule has 0 radical (unpaired) electrons. The number of aryl methyl sites for hydroxylation is 2. The molecule has 0 aliphatic carbocycles. The van der Waals surface area contributed by atoms with Crippen molar-refractivity contribution in [1.82, 2.24) is 10.5 Å². The zero-order chi connectivity index (χ0) is 12.3. The zero-order valence-corrected chi connectivity index (χ0v) is 12.1. The maximum Gasteiger partial charge on any atom is 0.138 e. The minimum absolute atomic E-state index is 0.799. The second kappa shape index (κ2) is 5.64. The van der Waals surface area contributed by atoms with Gasteiger partial charge >= 0.3 is 0 Å². The molecule has 2 aromatic rings. The van der Waals surface area contributed by atoms with Gasteiger partial charge in [0.15, 0.2) is 0 Å². The van der Waals surface area contributed by atoms with Gasteiger partial charge in [0.1, 0.15) is 5.76 Å². The molecule has 0 aliphatic heterocycles. The number of nitrogens with one attached hydrogen (secondary N) is 1. The van der Waals surface area contributed by atoms with Gasteiger partial charge in [-0.15, -0.1) is 0 Å². The molecule has 1 heterocycles. The van der Waals surface area contributed by atoms with Gasteiger partial charge in [0, 0.05) is 22.2 Å². The van der Waals surface area contributed by atoms with Crippen LogP contribution < -0.4 is 5.32 Å². The van der Waals surface area contributed by atoms with E-state index in [4.69, 9.17) is 4.52 Å². The fourth-order valence-corrected chi connectivity index (χ4v) is 2.05. The third-order valence-electron chi connectivity index (χ3n) is 2.73. The van der Waals surface area contributed by atoms with Crippen LogP contribution >= 0.6 is 22.6 Å². The Morgan fingerprint density at radius 3 is 2.47 bits per heavy atom. The highest BCUT2D eigenvalue weighted by molar-refractivity contribution is 14.1. The summed E-state index contributed by atoms with van der Waals surface area (Å²) in [7, 11) is 0. The molecule has 0 fully saturated rings. The second-order valence-corrected chi connectivity index (χ2v) is 5.28. The lowest BCUT2D eigenvalue weighted by molar-refractivity contribution is 0.392. The van der Waals surface area contributed by atoms with Crippen molar-refractivity contribution in [2.45, 2.75) is 26.9 Å². The lowest BCUT2D eigenvalue weighted by Crippen LogP contribution is -2.13. The van der Waals surface area contributed by atoms with Gasteiger partial charge in [-0.3, -0.25) is 0 Å². The summed E-state index contributed by atoms with van der Waals surface area (Å²) in [4.78, 5) is 0. The molecule has 0 amide bonds. The Balaban J connectivity index is 1.90. The molecule has 0 unspecified atom stereocenters. The highest BCUT2D eigenvalue weighted by atomic mass is 127. The fourth-order valence-electron chi connectivity index (χ4n) is 1.69. The van der Waals surface area contributed by atoms with E-state index in [1.165, 1.54) is 9.13 Å². The van der Waals surface area contributed by atoms with E-state index in [0.717, 1.165) is 30.1 Å². The van der Waals surface area contributed by atoms with E-state index in [2.05, 4.69) is 57.3 Å². The second-order valence-electron chi connectivity index (χ2n) is 4.03. The highest BCUT2D eigenvalue weighted by Gasteiger charge is 2.07. The van der Waals surface area contributed by atoms with Crippen molar-refractivity contribution in [3.8, 4) is 0 Å². The normalized spacial score (nSPS) is 10.8. The van der Waals surface area contributed by atoms with Crippen LogP contribution in [0.15, 0.2) is 28.8 Å². The van der Waals surface area contributed by atoms with E-state index in [1.54, 1.807) is 0 Å². The summed E-state index contributed by atoms with van der Waals surface area (Å²) in [5, 5.41) is 7.34. The van der Waals surface area contributed by atoms with Crippen molar-refractivity contribution >= 4 is 22.6 Å². The molecule has 2 rings (SSSR count). The molecular weight excluding hydrogens is 327 g/mol. The summed E-state index contributed by atoms with van der Waals surface area (Å²) < 4.78 is 6.38. The van der Waals surface area contributed by atoms with Crippen LogP contribution in [-0.4, -0.2) is 5.16 Å². The van der Waals surface area contributed by atoms with Crippen LogP contribution in [0.3, 0.4) is 0 Å². The van der Waals surface area contributed by atoms with Crippen LogP contribution in [0.2, 0.25) is 0 Å². The molecule has 0 bridgehead atoms.